The number of anilines is 1. The summed E-state index contributed by atoms with van der Waals surface area (Å²) in [5.41, 5.74) is 8.85. The Labute approximate surface area is 263 Å². The highest BCUT2D eigenvalue weighted by atomic mass is 35.5. The van der Waals surface area contributed by atoms with Crippen LogP contribution in [0.25, 0.3) is 16.7 Å². The summed E-state index contributed by atoms with van der Waals surface area (Å²) in [5.74, 6) is -0.889. The maximum Gasteiger partial charge on any atom is 0.251 e. The van der Waals surface area contributed by atoms with E-state index in [9.17, 15) is 9.18 Å². The zero-order valence-electron chi connectivity index (χ0n) is 25.1. The molecule has 3 N–H and O–H groups in total. The molecule has 0 aliphatic heterocycles. The van der Waals surface area contributed by atoms with Gasteiger partial charge in [-0.3, -0.25) is 9.36 Å². The monoisotopic (exact) mass is 639 g/mol. The van der Waals surface area contributed by atoms with Crippen molar-refractivity contribution in [2.45, 2.75) is 30.2 Å². The van der Waals surface area contributed by atoms with Crippen LogP contribution in [0.2, 0.25) is 5.02 Å². The third kappa shape index (κ3) is 6.59. The number of rotatable bonds is 10. The van der Waals surface area contributed by atoms with Gasteiger partial charge in [0.1, 0.15) is 11.6 Å². The van der Waals surface area contributed by atoms with Crippen molar-refractivity contribution >= 4 is 46.1 Å². The third-order valence-electron chi connectivity index (χ3n) is 7.49. The Kier molecular flexibility index (Phi) is 8.75. The average Bonchev–Trinajstić information content (AvgIpc) is 3.56. The van der Waals surface area contributed by atoms with Crippen LogP contribution in [0.1, 0.15) is 41.0 Å². The molecule has 0 bridgehead atoms. The molecule has 230 valence electrons. The minimum Gasteiger partial charge on any atom is -0.380 e. The molecular weight excluding hydrogens is 606 g/mol. The lowest BCUT2D eigenvalue weighted by Crippen LogP contribution is -2.41. The highest BCUT2D eigenvalue weighted by Gasteiger charge is 2.30. The zero-order chi connectivity index (χ0) is 31.8. The van der Waals surface area contributed by atoms with E-state index in [2.05, 4.69) is 10.5 Å². The van der Waals surface area contributed by atoms with Gasteiger partial charge in [-0.05, 0) is 54.1 Å². The highest BCUT2D eigenvalue weighted by Crippen LogP contribution is 2.39. The third-order valence-corrected chi connectivity index (χ3v) is 8.81. The molecule has 2 heterocycles. The predicted octanol–water partition coefficient (Wildman–Crippen LogP) is 6.58. The maximum atomic E-state index is 15.3. The summed E-state index contributed by atoms with van der Waals surface area (Å²) in [6.45, 7) is 5.26. The number of nitrogen functional groups attached to an aromatic ring is 1. The van der Waals surface area contributed by atoms with E-state index >= 15 is 4.39 Å². The number of aromatic nitrogens is 3. The highest BCUT2D eigenvalue weighted by molar-refractivity contribution is 7.98. The molecule has 0 aliphatic rings. The fourth-order valence-corrected chi connectivity index (χ4v) is 6.21. The Hall–Kier alpha value is -3.93. The molecular formula is C32H34ClF2N6O2S+. The number of thioether (sulfide) groups is 1. The molecule has 0 saturated heterocycles. The summed E-state index contributed by atoms with van der Waals surface area (Å²) in [5, 5.41) is 8.08. The van der Waals surface area contributed by atoms with Crippen LogP contribution in [0, 0.1) is 11.6 Å². The van der Waals surface area contributed by atoms with Crippen molar-refractivity contribution < 1.29 is 22.6 Å². The molecule has 12 heteroatoms. The summed E-state index contributed by atoms with van der Waals surface area (Å²) in [6.07, 6.45) is 1.76. The van der Waals surface area contributed by atoms with Gasteiger partial charge in [-0.25, -0.2) is 13.8 Å². The Morgan fingerprint density at radius 3 is 2.52 bits per heavy atom. The number of hydrogen-bond donors (Lipinski definition) is 2. The van der Waals surface area contributed by atoms with Crippen molar-refractivity contribution in [3.8, 4) is 5.69 Å². The van der Waals surface area contributed by atoms with Crippen LogP contribution in [0.4, 0.5) is 14.6 Å². The Balaban J connectivity index is 1.45. The summed E-state index contributed by atoms with van der Waals surface area (Å²) < 4.78 is 37.1. The number of benzene rings is 3. The largest absolute Gasteiger partial charge is 0.380 e. The van der Waals surface area contributed by atoms with Gasteiger partial charge in [0.2, 0.25) is 0 Å². The number of quaternary nitrogens is 1. The molecule has 0 radical (unpaired) electrons. The number of halogens is 3. The number of imidazole rings is 1. The van der Waals surface area contributed by atoms with E-state index in [1.54, 1.807) is 18.3 Å². The first-order chi connectivity index (χ1) is 20.7. The molecule has 0 unspecified atom stereocenters. The van der Waals surface area contributed by atoms with Crippen molar-refractivity contribution in [2.75, 3.05) is 40.0 Å². The van der Waals surface area contributed by atoms with Crippen LogP contribution in [0.15, 0.2) is 70.5 Å². The van der Waals surface area contributed by atoms with E-state index in [0.717, 1.165) is 17.8 Å². The van der Waals surface area contributed by atoms with Gasteiger partial charge >= 0.3 is 0 Å². The van der Waals surface area contributed by atoms with Gasteiger partial charge in [-0.15, -0.1) is 0 Å². The van der Waals surface area contributed by atoms with Crippen molar-refractivity contribution in [1.29, 1.82) is 0 Å². The molecule has 44 heavy (non-hydrogen) atoms. The van der Waals surface area contributed by atoms with E-state index in [1.165, 1.54) is 36.0 Å². The smallest absolute Gasteiger partial charge is 0.251 e. The summed E-state index contributed by atoms with van der Waals surface area (Å²) in [7, 11) is 6.07. The predicted molar refractivity (Wildman–Crippen MR) is 170 cm³/mol. The summed E-state index contributed by atoms with van der Waals surface area (Å²) in [6, 6.07) is 14.5. The van der Waals surface area contributed by atoms with E-state index in [-0.39, 0.29) is 33.6 Å². The molecule has 0 saturated carbocycles. The fourth-order valence-electron chi connectivity index (χ4n) is 4.83. The van der Waals surface area contributed by atoms with Gasteiger partial charge in [0.15, 0.2) is 16.6 Å². The topological polar surface area (TPSA) is 99.0 Å². The average molecular weight is 640 g/mol. The first-order valence-corrected chi connectivity index (χ1v) is 15.3. The molecule has 0 spiro atoms. The Morgan fingerprint density at radius 2 is 1.84 bits per heavy atom. The van der Waals surface area contributed by atoms with Crippen LogP contribution in [0.3, 0.4) is 0 Å². The van der Waals surface area contributed by atoms with Crippen LogP contribution in [-0.2, 0) is 11.2 Å². The van der Waals surface area contributed by atoms with E-state index in [1.807, 2.05) is 57.8 Å². The van der Waals surface area contributed by atoms with E-state index < -0.39 is 11.2 Å². The quantitative estimate of drug-likeness (QED) is 0.132. The maximum absolute atomic E-state index is 15.3. The van der Waals surface area contributed by atoms with Crippen molar-refractivity contribution in [1.82, 2.24) is 20.0 Å². The summed E-state index contributed by atoms with van der Waals surface area (Å²) >= 11 is 7.79. The minimum absolute atomic E-state index is 0.148. The van der Waals surface area contributed by atoms with Crippen LogP contribution in [-0.4, -0.2) is 59.3 Å². The van der Waals surface area contributed by atoms with Crippen molar-refractivity contribution in [3.05, 3.63) is 99.8 Å². The SMILES string of the molecule is CC(C)(c1ccc2onc(N)c2c1)c1cnc(SCc2c(F)cc(C(=O)NCC[N+](C)(C)C)cc2Cl)n1-c1ccc(F)cc1. The van der Waals surface area contributed by atoms with Crippen LogP contribution < -0.4 is 11.1 Å². The first-order valence-electron chi connectivity index (χ1n) is 13.9. The second kappa shape index (κ2) is 12.2. The van der Waals surface area contributed by atoms with Gasteiger partial charge in [0, 0.05) is 33.0 Å². The molecule has 5 aromatic rings. The van der Waals surface area contributed by atoms with Gasteiger partial charge in [-0.2, -0.15) is 0 Å². The molecule has 8 nitrogen and oxygen atoms in total. The molecule has 0 fully saturated rings. The van der Waals surface area contributed by atoms with Gasteiger partial charge in [0.25, 0.3) is 5.91 Å². The number of amides is 1. The molecule has 3 aromatic carbocycles. The number of likely N-dealkylation sites (N-methyl/N-ethyl adjacent to an activating group) is 1. The normalized spacial score (nSPS) is 12.2. The Bertz CT molecular complexity index is 1810. The molecule has 1 amide bonds. The number of carbonyl (C=O) groups excluding carboxylic acids is 1. The second-order valence-corrected chi connectivity index (χ2v) is 13.5. The molecule has 0 aliphatic carbocycles. The molecule has 5 rings (SSSR count). The Morgan fingerprint density at radius 1 is 1.11 bits per heavy atom. The number of hydrogen-bond acceptors (Lipinski definition) is 6. The lowest BCUT2D eigenvalue weighted by atomic mass is 9.81. The molecule has 2 aromatic heterocycles. The van der Waals surface area contributed by atoms with Crippen LogP contribution >= 0.6 is 23.4 Å². The van der Waals surface area contributed by atoms with Gasteiger partial charge in [-0.1, -0.05) is 48.4 Å². The molecule has 0 atom stereocenters. The van der Waals surface area contributed by atoms with Gasteiger partial charge < -0.3 is 20.1 Å². The number of carbonyl (C=O) groups is 1. The van der Waals surface area contributed by atoms with Crippen molar-refractivity contribution in [3.63, 3.8) is 0 Å². The van der Waals surface area contributed by atoms with E-state index in [0.29, 0.717) is 38.7 Å². The van der Waals surface area contributed by atoms with Crippen molar-refractivity contribution in [2.24, 2.45) is 0 Å². The second-order valence-electron chi connectivity index (χ2n) is 12.1. The number of nitrogens with zero attached hydrogens (tertiary/aromatic N) is 4. The van der Waals surface area contributed by atoms with E-state index in [4.69, 9.17) is 26.8 Å². The van der Waals surface area contributed by atoms with Crippen LogP contribution in [0.5, 0.6) is 0 Å². The zero-order valence-corrected chi connectivity index (χ0v) is 26.7. The fraction of sp³-hybridized carbons (Fsp3) is 0.281. The summed E-state index contributed by atoms with van der Waals surface area (Å²) in [4.78, 5) is 17.3. The number of fused-ring (bicyclic) bond motifs is 1. The van der Waals surface area contributed by atoms with Gasteiger partial charge in [0.05, 0.1) is 51.5 Å². The first kappa shape index (κ1) is 31.5. The number of nitrogens with one attached hydrogen (secondary N) is 1. The lowest BCUT2D eigenvalue weighted by molar-refractivity contribution is -0.869. The number of nitrogens with two attached hydrogens (primary N) is 1. The minimum atomic E-state index is -0.595. The lowest BCUT2D eigenvalue weighted by Gasteiger charge is -2.27. The standard InChI is InChI=1S/C32H33ClF2N6O2S/c1-32(2,20-6-11-27-23(16-20)29(36)39-43-27)28-17-38-31(40(28)22-9-7-21(34)8-10-22)44-18-24-25(33)14-19(15-26(24)35)30(42)37-12-13-41(3,4)5/h6-11,14-17H,12-13,18H2,1-5H3,(H2-,36,37,39,42)/p+1.